The standard InChI is InChI=1S/C12H11ClF3NO/c1-18-11-5-4-10(11)17-7-2-3-9(13)8(6-7)12(14,15)16/h2-3,6,17H,4-5H2,1H3. The fourth-order valence-electron chi connectivity index (χ4n) is 1.70. The van der Waals surface area contributed by atoms with Gasteiger partial charge in [0.15, 0.2) is 0 Å². The second-order valence-electron chi connectivity index (χ2n) is 3.92. The lowest BCUT2D eigenvalue weighted by atomic mass is 10.0. The Kier molecular flexibility index (Phi) is 3.43. The van der Waals surface area contributed by atoms with Crippen molar-refractivity contribution in [3.05, 3.63) is 40.2 Å². The number of rotatable bonds is 3. The highest BCUT2D eigenvalue weighted by Crippen LogP contribution is 2.37. The molecule has 2 rings (SSSR count). The Bertz CT molecular complexity index is 497. The van der Waals surface area contributed by atoms with E-state index in [2.05, 4.69) is 5.32 Å². The van der Waals surface area contributed by atoms with E-state index in [0.29, 0.717) is 5.69 Å². The first-order valence-electron chi connectivity index (χ1n) is 5.31. The van der Waals surface area contributed by atoms with Crippen molar-refractivity contribution in [3.8, 4) is 0 Å². The quantitative estimate of drug-likeness (QED) is 0.883. The van der Waals surface area contributed by atoms with E-state index in [4.69, 9.17) is 16.3 Å². The molecule has 0 atom stereocenters. The SMILES string of the molecule is COC1=C(Nc2ccc(Cl)c(C(F)(F)F)c2)CC1. The topological polar surface area (TPSA) is 21.3 Å². The molecule has 2 nitrogen and oxygen atoms in total. The molecule has 1 aromatic carbocycles. The number of ether oxygens (including phenoxy) is 1. The lowest BCUT2D eigenvalue weighted by Crippen LogP contribution is -2.14. The third-order valence-corrected chi connectivity index (χ3v) is 3.08. The van der Waals surface area contributed by atoms with Crippen LogP contribution in [-0.2, 0) is 10.9 Å². The van der Waals surface area contributed by atoms with Crippen molar-refractivity contribution < 1.29 is 17.9 Å². The van der Waals surface area contributed by atoms with E-state index >= 15 is 0 Å². The Labute approximate surface area is 107 Å². The van der Waals surface area contributed by atoms with Gasteiger partial charge in [-0.05, 0) is 24.6 Å². The van der Waals surface area contributed by atoms with Crippen LogP contribution in [0.1, 0.15) is 18.4 Å². The van der Waals surface area contributed by atoms with E-state index < -0.39 is 11.7 Å². The molecule has 0 aromatic heterocycles. The minimum absolute atomic E-state index is 0.303. The second-order valence-corrected chi connectivity index (χ2v) is 4.33. The van der Waals surface area contributed by atoms with Gasteiger partial charge in [0.05, 0.1) is 23.4 Å². The Hall–Kier alpha value is -1.36. The van der Waals surface area contributed by atoms with Gasteiger partial charge in [-0.15, -0.1) is 0 Å². The van der Waals surface area contributed by atoms with E-state index in [1.807, 2.05) is 0 Å². The Morgan fingerprint density at radius 3 is 2.50 bits per heavy atom. The van der Waals surface area contributed by atoms with E-state index in [-0.39, 0.29) is 5.02 Å². The number of anilines is 1. The molecule has 1 aromatic rings. The largest absolute Gasteiger partial charge is 0.499 e. The maximum absolute atomic E-state index is 12.7. The van der Waals surface area contributed by atoms with Gasteiger partial charge >= 0.3 is 6.18 Å². The van der Waals surface area contributed by atoms with Gasteiger partial charge in [0, 0.05) is 12.1 Å². The van der Waals surface area contributed by atoms with Crippen molar-refractivity contribution in [3.63, 3.8) is 0 Å². The average Bonchev–Trinajstić information content (AvgIpc) is 2.25. The normalized spacial score (nSPS) is 15.4. The van der Waals surface area contributed by atoms with Crippen molar-refractivity contribution in [2.24, 2.45) is 0 Å². The van der Waals surface area contributed by atoms with Crippen molar-refractivity contribution in [2.75, 3.05) is 12.4 Å². The van der Waals surface area contributed by atoms with E-state index in [1.165, 1.54) is 12.1 Å². The van der Waals surface area contributed by atoms with Crippen LogP contribution in [0.4, 0.5) is 18.9 Å². The molecule has 0 heterocycles. The van der Waals surface area contributed by atoms with Gasteiger partial charge in [0.2, 0.25) is 0 Å². The monoisotopic (exact) mass is 277 g/mol. The minimum Gasteiger partial charge on any atom is -0.499 e. The summed E-state index contributed by atoms with van der Waals surface area (Å²) in [6.45, 7) is 0. The van der Waals surface area contributed by atoms with Crippen LogP contribution in [0, 0.1) is 0 Å². The molecule has 6 heteroatoms. The Morgan fingerprint density at radius 2 is 2.00 bits per heavy atom. The molecule has 1 N–H and O–H groups in total. The molecule has 0 bridgehead atoms. The van der Waals surface area contributed by atoms with Crippen molar-refractivity contribution in [2.45, 2.75) is 19.0 Å². The van der Waals surface area contributed by atoms with Gasteiger partial charge < -0.3 is 10.1 Å². The zero-order valence-electron chi connectivity index (χ0n) is 9.57. The van der Waals surface area contributed by atoms with Gasteiger partial charge in [-0.3, -0.25) is 0 Å². The van der Waals surface area contributed by atoms with E-state index in [0.717, 1.165) is 30.4 Å². The summed E-state index contributed by atoms with van der Waals surface area (Å²) in [4.78, 5) is 0. The average molecular weight is 278 g/mol. The summed E-state index contributed by atoms with van der Waals surface area (Å²) in [7, 11) is 1.54. The molecule has 1 aliphatic carbocycles. The van der Waals surface area contributed by atoms with Crippen LogP contribution in [0.25, 0.3) is 0 Å². The molecule has 0 spiro atoms. The highest BCUT2D eigenvalue weighted by molar-refractivity contribution is 6.31. The summed E-state index contributed by atoms with van der Waals surface area (Å²) in [6.07, 6.45) is -2.88. The minimum atomic E-state index is -4.45. The van der Waals surface area contributed by atoms with Gasteiger partial charge in [0.25, 0.3) is 0 Å². The highest BCUT2D eigenvalue weighted by Gasteiger charge is 2.33. The van der Waals surface area contributed by atoms with Gasteiger partial charge in [-0.25, -0.2) is 0 Å². The summed E-state index contributed by atoms with van der Waals surface area (Å²) < 4.78 is 43.0. The molecule has 0 amide bonds. The third kappa shape index (κ3) is 2.56. The molecule has 18 heavy (non-hydrogen) atoms. The van der Waals surface area contributed by atoms with Gasteiger partial charge in [-0.2, -0.15) is 13.2 Å². The number of halogens is 4. The summed E-state index contributed by atoms with van der Waals surface area (Å²) in [5.41, 5.74) is 0.331. The molecule has 0 saturated carbocycles. The number of hydrogen-bond acceptors (Lipinski definition) is 2. The van der Waals surface area contributed by atoms with Crippen molar-refractivity contribution >= 4 is 17.3 Å². The number of alkyl halides is 3. The van der Waals surface area contributed by atoms with E-state index in [9.17, 15) is 13.2 Å². The summed E-state index contributed by atoms with van der Waals surface area (Å²) in [6, 6.07) is 3.75. The fourth-order valence-corrected chi connectivity index (χ4v) is 1.93. The molecule has 0 saturated heterocycles. The Morgan fingerprint density at radius 1 is 1.28 bits per heavy atom. The number of allylic oxidation sites excluding steroid dienone is 2. The zero-order chi connectivity index (χ0) is 13.3. The fraction of sp³-hybridized carbons (Fsp3) is 0.333. The first-order chi connectivity index (χ1) is 8.41. The maximum atomic E-state index is 12.7. The Balaban J connectivity index is 2.26. The number of benzene rings is 1. The van der Waals surface area contributed by atoms with Crippen LogP contribution >= 0.6 is 11.6 Å². The lowest BCUT2D eigenvalue weighted by Gasteiger charge is -2.24. The summed E-state index contributed by atoms with van der Waals surface area (Å²) in [5.74, 6) is 0.776. The third-order valence-electron chi connectivity index (χ3n) is 2.75. The predicted molar refractivity (Wildman–Crippen MR) is 63.3 cm³/mol. The molecule has 98 valence electrons. The first kappa shape index (κ1) is 13.1. The van der Waals surface area contributed by atoms with Gasteiger partial charge in [0.1, 0.15) is 5.76 Å². The van der Waals surface area contributed by atoms with E-state index in [1.54, 1.807) is 7.11 Å². The highest BCUT2D eigenvalue weighted by atomic mass is 35.5. The van der Waals surface area contributed by atoms with Crippen molar-refractivity contribution in [1.82, 2.24) is 0 Å². The molecular formula is C12H11ClF3NO. The van der Waals surface area contributed by atoms with Crippen LogP contribution in [0.15, 0.2) is 29.7 Å². The number of nitrogens with one attached hydrogen (secondary N) is 1. The molecule has 0 radical (unpaired) electrons. The van der Waals surface area contributed by atoms with Crippen LogP contribution in [0.3, 0.4) is 0 Å². The molecule has 0 fully saturated rings. The van der Waals surface area contributed by atoms with Crippen LogP contribution < -0.4 is 5.32 Å². The predicted octanol–water partition coefficient (Wildman–Crippen LogP) is 4.42. The number of hydrogen-bond donors (Lipinski definition) is 1. The lowest BCUT2D eigenvalue weighted by molar-refractivity contribution is -0.137. The summed E-state index contributed by atoms with van der Waals surface area (Å²) >= 11 is 5.54. The number of methoxy groups -OCH3 is 1. The molecular weight excluding hydrogens is 267 g/mol. The zero-order valence-corrected chi connectivity index (χ0v) is 10.3. The van der Waals surface area contributed by atoms with Gasteiger partial charge in [-0.1, -0.05) is 11.6 Å². The van der Waals surface area contributed by atoms with Crippen molar-refractivity contribution in [1.29, 1.82) is 0 Å². The van der Waals surface area contributed by atoms with Crippen LogP contribution in [0.2, 0.25) is 5.02 Å². The second kappa shape index (κ2) is 4.72. The smallest absolute Gasteiger partial charge is 0.417 e. The first-order valence-corrected chi connectivity index (χ1v) is 5.69. The summed E-state index contributed by atoms with van der Waals surface area (Å²) in [5, 5.41) is 2.61. The molecule has 1 aliphatic rings. The van der Waals surface area contributed by atoms with Crippen LogP contribution in [-0.4, -0.2) is 7.11 Å². The molecule has 0 unspecified atom stereocenters. The van der Waals surface area contributed by atoms with Crippen LogP contribution in [0.5, 0.6) is 0 Å². The maximum Gasteiger partial charge on any atom is 0.417 e. The molecule has 0 aliphatic heterocycles.